The first-order valence-corrected chi connectivity index (χ1v) is 9.73. The number of nitrogens with zero attached hydrogens (tertiary/aromatic N) is 1. The second-order valence-corrected chi connectivity index (χ2v) is 7.57. The molecule has 4 rings (SSSR count). The van der Waals surface area contributed by atoms with E-state index in [1.165, 1.54) is 56.1 Å². The first-order valence-electron chi connectivity index (χ1n) is 9.73. The summed E-state index contributed by atoms with van der Waals surface area (Å²) in [7, 11) is 1.92. The molecular formula is C23H27NO. The maximum atomic E-state index is 13.2. The van der Waals surface area contributed by atoms with Crippen molar-refractivity contribution >= 4 is 11.6 Å². The molecule has 1 saturated carbocycles. The minimum Gasteiger partial charge on any atom is -0.311 e. The van der Waals surface area contributed by atoms with Crippen LogP contribution in [0.25, 0.3) is 0 Å². The molecule has 2 aromatic carbocycles. The Morgan fingerprint density at radius 1 is 0.760 bits per heavy atom. The molecule has 1 aliphatic carbocycles. The molecule has 1 heterocycles. The smallest absolute Gasteiger partial charge is 0.258 e. The summed E-state index contributed by atoms with van der Waals surface area (Å²) in [6.07, 6.45) is 8.96. The summed E-state index contributed by atoms with van der Waals surface area (Å²) in [6.45, 7) is 0. The number of anilines is 1. The number of fused-ring (bicyclic) bond motifs is 5. The number of hydrogen-bond acceptors (Lipinski definition) is 1. The highest BCUT2D eigenvalue weighted by Gasteiger charge is 2.33. The van der Waals surface area contributed by atoms with Crippen molar-refractivity contribution in [2.45, 2.75) is 56.8 Å². The molecule has 2 aromatic rings. The third-order valence-corrected chi connectivity index (χ3v) is 6.11. The quantitative estimate of drug-likeness (QED) is 0.589. The van der Waals surface area contributed by atoms with Gasteiger partial charge in [0.25, 0.3) is 5.91 Å². The van der Waals surface area contributed by atoms with Gasteiger partial charge in [0, 0.05) is 18.3 Å². The van der Waals surface area contributed by atoms with E-state index < -0.39 is 0 Å². The number of hydrogen-bond donors (Lipinski definition) is 0. The van der Waals surface area contributed by atoms with Crippen LogP contribution in [0.1, 0.15) is 78.3 Å². The molecule has 0 aromatic heterocycles. The van der Waals surface area contributed by atoms with E-state index >= 15 is 0 Å². The summed E-state index contributed by atoms with van der Waals surface area (Å²) in [6, 6.07) is 16.9. The molecule has 0 N–H and O–H groups in total. The monoisotopic (exact) mass is 333 g/mol. The third kappa shape index (κ3) is 2.99. The fourth-order valence-corrected chi connectivity index (χ4v) is 4.82. The van der Waals surface area contributed by atoms with E-state index in [2.05, 4.69) is 36.4 Å². The van der Waals surface area contributed by atoms with Gasteiger partial charge < -0.3 is 4.90 Å². The highest BCUT2D eigenvalue weighted by atomic mass is 16.2. The van der Waals surface area contributed by atoms with E-state index in [0.717, 1.165) is 11.3 Å². The maximum absolute atomic E-state index is 13.2. The molecule has 2 atom stereocenters. The molecule has 25 heavy (non-hydrogen) atoms. The van der Waals surface area contributed by atoms with Gasteiger partial charge in [-0.05, 0) is 47.9 Å². The number of amides is 1. The molecule has 2 nitrogen and oxygen atoms in total. The standard InChI is InChI=1S/C23H27NO/c1-24-22-16-10-9-14-20(22)18-12-6-4-2-3-5-11-17(18)19-13-7-8-15-21(19)23(24)25/h7-10,13-18H,2-6,11-12H2,1H3. The molecule has 0 spiro atoms. The van der Waals surface area contributed by atoms with Gasteiger partial charge in [-0.3, -0.25) is 4.79 Å². The van der Waals surface area contributed by atoms with E-state index in [1.807, 2.05) is 24.1 Å². The molecule has 130 valence electrons. The van der Waals surface area contributed by atoms with Crippen LogP contribution in [0.4, 0.5) is 5.69 Å². The Kier molecular flexibility index (Phi) is 4.61. The summed E-state index contributed by atoms with van der Waals surface area (Å²) in [5, 5.41) is 0. The van der Waals surface area contributed by atoms with Crippen molar-refractivity contribution in [1.29, 1.82) is 0 Å². The summed E-state index contributed by atoms with van der Waals surface area (Å²) in [5.74, 6) is 1.08. The highest BCUT2D eigenvalue weighted by Crippen LogP contribution is 2.47. The van der Waals surface area contributed by atoms with E-state index in [4.69, 9.17) is 0 Å². The van der Waals surface area contributed by atoms with Crippen LogP contribution in [-0.2, 0) is 0 Å². The average molecular weight is 333 g/mol. The van der Waals surface area contributed by atoms with Gasteiger partial charge in [-0.25, -0.2) is 0 Å². The van der Waals surface area contributed by atoms with Gasteiger partial charge in [0.05, 0.1) is 0 Å². The van der Waals surface area contributed by atoms with Gasteiger partial charge in [-0.1, -0.05) is 68.5 Å². The molecule has 1 fully saturated rings. The van der Waals surface area contributed by atoms with Crippen molar-refractivity contribution in [2.24, 2.45) is 0 Å². The summed E-state index contributed by atoms with van der Waals surface area (Å²) >= 11 is 0. The van der Waals surface area contributed by atoms with E-state index in [9.17, 15) is 4.79 Å². The van der Waals surface area contributed by atoms with Crippen molar-refractivity contribution < 1.29 is 4.79 Å². The van der Waals surface area contributed by atoms with Crippen molar-refractivity contribution in [3.05, 3.63) is 65.2 Å². The first-order chi connectivity index (χ1) is 12.3. The molecule has 1 aliphatic heterocycles. The average Bonchev–Trinajstić information content (AvgIpc) is 2.78. The van der Waals surface area contributed by atoms with Crippen molar-refractivity contribution in [2.75, 3.05) is 11.9 Å². The lowest BCUT2D eigenvalue weighted by atomic mass is 9.73. The van der Waals surface area contributed by atoms with E-state index in [1.54, 1.807) is 0 Å². The number of carbonyl (C=O) groups excluding carboxylic acids is 1. The van der Waals surface area contributed by atoms with Crippen LogP contribution < -0.4 is 4.90 Å². The zero-order valence-electron chi connectivity index (χ0n) is 15.1. The van der Waals surface area contributed by atoms with Crippen molar-refractivity contribution in [3.63, 3.8) is 0 Å². The molecule has 0 radical (unpaired) electrons. The predicted molar refractivity (Wildman–Crippen MR) is 103 cm³/mol. The minimum atomic E-state index is 0.126. The van der Waals surface area contributed by atoms with Gasteiger partial charge in [0.15, 0.2) is 0 Å². The zero-order chi connectivity index (χ0) is 17.2. The first kappa shape index (κ1) is 16.4. The SMILES string of the molecule is CN1C(=O)c2ccccc2C2CCCCCCCC2c2ccccc21. The largest absolute Gasteiger partial charge is 0.311 e. The number of para-hydroxylation sites is 1. The number of benzene rings is 2. The number of carbonyl (C=O) groups is 1. The van der Waals surface area contributed by atoms with Crippen LogP contribution >= 0.6 is 0 Å². The fourth-order valence-electron chi connectivity index (χ4n) is 4.82. The number of rotatable bonds is 0. The third-order valence-electron chi connectivity index (χ3n) is 6.11. The topological polar surface area (TPSA) is 20.3 Å². The minimum absolute atomic E-state index is 0.126. The van der Waals surface area contributed by atoms with Crippen molar-refractivity contribution in [3.8, 4) is 0 Å². The Bertz CT molecular complexity index is 766. The fraction of sp³-hybridized carbons (Fsp3) is 0.435. The molecular weight excluding hydrogens is 306 g/mol. The van der Waals surface area contributed by atoms with Gasteiger partial charge in [0.2, 0.25) is 0 Å². The Morgan fingerprint density at radius 2 is 1.32 bits per heavy atom. The Morgan fingerprint density at radius 3 is 2.08 bits per heavy atom. The van der Waals surface area contributed by atoms with Crippen LogP contribution in [0.15, 0.2) is 48.5 Å². The van der Waals surface area contributed by atoms with E-state index in [-0.39, 0.29) is 5.91 Å². The second-order valence-electron chi connectivity index (χ2n) is 7.57. The van der Waals surface area contributed by atoms with E-state index in [0.29, 0.717) is 11.8 Å². The maximum Gasteiger partial charge on any atom is 0.258 e. The van der Waals surface area contributed by atoms with Crippen LogP contribution in [0.5, 0.6) is 0 Å². The Balaban J connectivity index is 1.91. The zero-order valence-corrected chi connectivity index (χ0v) is 15.1. The summed E-state index contributed by atoms with van der Waals surface area (Å²) in [4.78, 5) is 15.0. The summed E-state index contributed by atoms with van der Waals surface area (Å²) in [5.41, 5.74) is 4.62. The van der Waals surface area contributed by atoms with Gasteiger partial charge in [0.1, 0.15) is 0 Å². The molecule has 0 bridgehead atoms. The normalized spacial score (nSPS) is 23.9. The van der Waals surface area contributed by atoms with Gasteiger partial charge in [-0.15, -0.1) is 0 Å². The predicted octanol–water partition coefficient (Wildman–Crippen LogP) is 5.89. The van der Waals surface area contributed by atoms with Crippen molar-refractivity contribution in [1.82, 2.24) is 0 Å². The lowest BCUT2D eigenvalue weighted by Crippen LogP contribution is -2.32. The second kappa shape index (κ2) is 7.03. The molecule has 1 amide bonds. The van der Waals surface area contributed by atoms with Crippen LogP contribution in [0.2, 0.25) is 0 Å². The summed E-state index contributed by atoms with van der Waals surface area (Å²) < 4.78 is 0. The lowest BCUT2D eigenvalue weighted by Gasteiger charge is -2.35. The van der Waals surface area contributed by atoms with Crippen LogP contribution in [-0.4, -0.2) is 13.0 Å². The van der Waals surface area contributed by atoms with Crippen LogP contribution in [0.3, 0.4) is 0 Å². The van der Waals surface area contributed by atoms with Crippen LogP contribution in [0, 0.1) is 0 Å². The molecule has 2 unspecified atom stereocenters. The molecule has 2 aliphatic rings. The molecule has 2 heteroatoms. The molecule has 0 saturated heterocycles. The Hall–Kier alpha value is -2.09. The van der Waals surface area contributed by atoms with Gasteiger partial charge >= 0.3 is 0 Å². The Labute approximate surface area is 150 Å². The lowest BCUT2D eigenvalue weighted by molar-refractivity contribution is 0.0990. The van der Waals surface area contributed by atoms with Gasteiger partial charge in [-0.2, -0.15) is 0 Å². The highest BCUT2D eigenvalue weighted by molar-refractivity contribution is 6.07.